The SMILES string of the molecule is C=CCn1c(SCc2ccc(F)cc2Cl)nnc1-c1csc(C(C)C)c1. The lowest BCUT2D eigenvalue weighted by Crippen LogP contribution is -2.00. The molecule has 7 heteroatoms. The van der Waals surface area contributed by atoms with Crippen molar-refractivity contribution in [1.82, 2.24) is 14.8 Å². The predicted molar refractivity (Wildman–Crippen MR) is 109 cm³/mol. The number of hydrogen-bond acceptors (Lipinski definition) is 4. The summed E-state index contributed by atoms with van der Waals surface area (Å²) in [5, 5.41) is 12.1. The van der Waals surface area contributed by atoms with Crippen LogP contribution in [0.4, 0.5) is 4.39 Å². The van der Waals surface area contributed by atoms with E-state index in [-0.39, 0.29) is 5.82 Å². The number of aromatic nitrogens is 3. The molecule has 0 fully saturated rings. The summed E-state index contributed by atoms with van der Waals surface area (Å²) in [4.78, 5) is 1.32. The van der Waals surface area contributed by atoms with E-state index in [4.69, 9.17) is 11.6 Å². The van der Waals surface area contributed by atoms with E-state index < -0.39 is 0 Å². The molecule has 0 spiro atoms. The van der Waals surface area contributed by atoms with Crippen molar-refractivity contribution >= 4 is 34.7 Å². The van der Waals surface area contributed by atoms with E-state index >= 15 is 0 Å². The Bertz CT molecular complexity index is 917. The molecule has 3 aromatic rings. The molecule has 26 heavy (non-hydrogen) atoms. The van der Waals surface area contributed by atoms with Crippen LogP contribution in [0.5, 0.6) is 0 Å². The van der Waals surface area contributed by atoms with E-state index in [0.717, 1.165) is 22.1 Å². The largest absolute Gasteiger partial charge is 0.298 e. The molecule has 0 aliphatic rings. The number of benzene rings is 1. The van der Waals surface area contributed by atoms with Crippen molar-refractivity contribution in [2.24, 2.45) is 0 Å². The Morgan fingerprint density at radius 1 is 1.35 bits per heavy atom. The van der Waals surface area contributed by atoms with E-state index in [9.17, 15) is 4.39 Å². The van der Waals surface area contributed by atoms with E-state index in [1.54, 1.807) is 17.4 Å². The third kappa shape index (κ3) is 4.19. The second-order valence-electron chi connectivity index (χ2n) is 6.12. The lowest BCUT2D eigenvalue weighted by molar-refractivity contribution is 0.627. The Morgan fingerprint density at radius 2 is 2.15 bits per heavy atom. The van der Waals surface area contributed by atoms with Crippen molar-refractivity contribution in [3.63, 3.8) is 0 Å². The van der Waals surface area contributed by atoms with Gasteiger partial charge in [0.2, 0.25) is 0 Å². The summed E-state index contributed by atoms with van der Waals surface area (Å²) >= 11 is 9.38. The molecule has 0 saturated heterocycles. The van der Waals surface area contributed by atoms with Crippen LogP contribution in [0.1, 0.15) is 30.2 Å². The van der Waals surface area contributed by atoms with Crippen LogP contribution in [0.15, 0.2) is 47.5 Å². The predicted octanol–water partition coefficient (Wildman–Crippen LogP) is 6.40. The van der Waals surface area contributed by atoms with E-state index in [0.29, 0.717) is 23.2 Å². The fourth-order valence-corrected chi connectivity index (χ4v) is 4.63. The quantitative estimate of drug-likeness (QED) is 0.335. The smallest absolute Gasteiger partial charge is 0.192 e. The van der Waals surface area contributed by atoms with Gasteiger partial charge in [0.05, 0.1) is 0 Å². The highest BCUT2D eigenvalue weighted by molar-refractivity contribution is 7.98. The number of thiophene rings is 1. The van der Waals surface area contributed by atoms with Gasteiger partial charge in [0, 0.05) is 33.1 Å². The number of nitrogens with zero attached hydrogens (tertiary/aromatic N) is 3. The third-order valence-electron chi connectivity index (χ3n) is 3.85. The number of allylic oxidation sites excluding steroid dienone is 1. The van der Waals surface area contributed by atoms with Gasteiger partial charge < -0.3 is 0 Å². The molecule has 0 bridgehead atoms. The maximum absolute atomic E-state index is 13.2. The molecule has 3 rings (SSSR count). The van der Waals surface area contributed by atoms with Crippen molar-refractivity contribution < 1.29 is 4.39 Å². The Balaban J connectivity index is 1.85. The standard InChI is InChI=1S/C19H19ClFN3S2/c1-4-7-24-18(14-8-17(12(2)3)25-11-14)22-23-19(24)26-10-13-5-6-15(21)9-16(13)20/h4-6,8-9,11-12H,1,7,10H2,2-3H3. The number of hydrogen-bond donors (Lipinski definition) is 0. The van der Waals surface area contributed by atoms with E-state index in [2.05, 4.69) is 42.1 Å². The first kappa shape index (κ1) is 19.1. The summed E-state index contributed by atoms with van der Waals surface area (Å²) in [6, 6.07) is 6.62. The average Bonchev–Trinajstić information content (AvgIpc) is 3.22. The topological polar surface area (TPSA) is 30.7 Å². The van der Waals surface area contributed by atoms with Gasteiger partial charge >= 0.3 is 0 Å². The first-order chi connectivity index (χ1) is 12.5. The molecule has 2 aromatic heterocycles. The molecule has 1 aromatic carbocycles. The Labute approximate surface area is 165 Å². The highest BCUT2D eigenvalue weighted by Crippen LogP contribution is 2.32. The zero-order valence-corrected chi connectivity index (χ0v) is 17.0. The van der Waals surface area contributed by atoms with E-state index in [1.807, 2.05) is 10.6 Å². The van der Waals surface area contributed by atoms with Crippen molar-refractivity contribution in [2.75, 3.05) is 0 Å². The second kappa shape index (κ2) is 8.37. The van der Waals surface area contributed by atoms with Crippen LogP contribution in [-0.4, -0.2) is 14.8 Å². The Kier molecular flexibility index (Phi) is 6.16. The molecule has 136 valence electrons. The fraction of sp³-hybridized carbons (Fsp3) is 0.263. The summed E-state index contributed by atoms with van der Waals surface area (Å²) in [5.74, 6) is 1.58. The summed E-state index contributed by atoms with van der Waals surface area (Å²) < 4.78 is 15.2. The summed E-state index contributed by atoms with van der Waals surface area (Å²) in [6.45, 7) is 8.82. The van der Waals surface area contributed by atoms with Crippen LogP contribution in [0.3, 0.4) is 0 Å². The minimum Gasteiger partial charge on any atom is -0.298 e. The van der Waals surface area contributed by atoms with Crippen molar-refractivity contribution in [2.45, 2.75) is 37.2 Å². The average molecular weight is 408 g/mol. The van der Waals surface area contributed by atoms with Crippen molar-refractivity contribution in [3.8, 4) is 11.4 Å². The first-order valence-corrected chi connectivity index (χ1v) is 10.4. The van der Waals surface area contributed by atoms with Crippen molar-refractivity contribution in [1.29, 1.82) is 0 Å². The van der Waals surface area contributed by atoms with Crippen LogP contribution >= 0.6 is 34.7 Å². The molecule has 0 saturated carbocycles. The summed E-state index contributed by atoms with van der Waals surface area (Å²) in [7, 11) is 0. The van der Waals surface area contributed by atoms with Gasteiger partial charge in [0.25, 0.3) is 0 Å². The van der Waals surface area contributed by atoms with Crippen LogP contribution in [-0.2, 0) is 12.3 Å². The lowest BCUT2D eigenvalue weighted by atomic mass is 10.1. The molecule has 0 radical (unpaired) electrons. The molecule has 0 amide bonds. The lowest BCUT2D eigenvalue weighted by Gasteiger charge is -2.08. The monoisotopic (exact) mass is 407 g/mol. The van der Waals surface area contributed by atoms with Gasteiger partial charge in [-0.05, 0) is 29.7 Å². The Hall–Kier alpha value is -1.63. The first-order valence-electron chi connectivity index (χ1n) is 8.19. The third-order valence-corrected chi connectivity index (χ3v) is 6.45. The number of halogens is 2. The van der Waals surface area contributed by atoms with Gasteiger partial charge in [-0.2, -0.15) is 0 Å². The molecule has 0 aliphatic heterocycles. The van der Waals surface area contributed by atoms with Crippen LogP contribution in [0.2, 0.25) is 5.02 Å². The van der Waals surface area contributed by atoms with Gasteiger partial charge in [-0.25, -0.2) is 4.39 Å². The fourth-order valence-electron chi connectivity index (χ4n) is 2.46. The molecular weight excluding hydrogens is 389 g/mol. The van der Waals surface area contributed by atoms with Crippen LogP contribution in [0.25, 0.3) is 11.4 Å². The highest BCUT2D eigenvalue weighted by atomic mass is 35.5. The molecule has 0 N–H and O–H groups in total. The minimum absolute atomic E-state index is 0.334. The molecule has 0 aliphatic carbocycles. The molecule has 0 unspecified atom stereocenters. The van der Waals surface area contributed by atoms with Gasteiger partial charge in [-0.3, -0.25) is 4.57 Å². The molecular formula is C19H19ClFN3S2. The highest BCUT2D eigenvalue weighted by Gasteiger charge is 2.16. The van der Waals surface area contributed by atoms with Crippen LogP contribution in [0, 0.1) is 5.82 Å². The zero-order chi connectivity index (χ0) is 18.7. The minimum atomic E-state index is -0.334. The molecule has 3 nitrogen and oxygen atoms in total. The second-order valence-corrected chi connectivity index (χ2v) is 8.41. The van der Waals surface area contributed by atoms with Crippen LogP contribution < -0.4 is 0 Å². The van der Waals surface area contributed by atoms with E-state index in [1.165, 1.54) is 28.8 Å². The van der Waals surface area contributed by atoms with Gasteiger partial charge in [-0.1, -0.05) is 49.4 Å². The zero-order valence-electron chi connectivity index (χ0n) is 14.6. The maximum Gasteiger partial charge on any atom is 0.192 e. The summed E-state index contributed by atoms with van der Waals surface area (Å²) in [6.07, 6.45) is 1.83. The van der Waals surface area contributed by atoms with Gasteiger partial charge in [-0.15, -0.1) is 28.1 Å². The van der Waals surface area contributed by atoms with Crippen molar-refractivity contribution in [3.05, 3.63) is 63.6 Å². The molecule has 0 atom stereocenters. The Morgan fingerprint density at radius 3 is 2.81 bits per heavy atom. The summed E-state index contributed by atoms with van der Waals surface area (Å²) in [5.41, 5.74) is 1.94. The maximum atomic E-state index is 13.2. The number of rotatable bonds is 7. The van der Waals surface area contributed by atoms with Gasteiger partial charge in [0.15, 0.2) is 11.0 Å². The van der Waals surface area contributed by atoms with Gasteiger partial charge in [0.1, 0.15) is 5.82 Å². The number of thioether (sulfide) groups is 1. The normalized spacial score (nSPS) is 11.3. The molecule has 2 heterocycles.